The lowest BCUT2D eigenvalue weighted by Crippen LogP contribution is -2.30. The van der Waals surface area contributed by atoms with Gasteiger partial charge in [0, 0.05) is 4.90 Å². The van der Waals surface area contributed by atoms with Crippen LogP contribution >= 0.6 is 0 Å². The summed E-state index contributed by atoms with van der Waals surface area (Å²) < 4.78 is 29.4. The Morgan fingerprint density at radius 1 is 1.17 bits per heavy atom. The van der Waals surface area contributed by atoms with Gasteiger partial charge in [0.25, 0.3) is 5.91 Å². The van der Waals surface area contributed by atoms with Crippen molar-refractivity contribution in [3.8, 4) is 11.1 Å². The van der Waals surface area contributed by atoms with E-state index in [2.05, 4.69) is 4.36 Å². The number of hydrogen-bond donors (Lipinski definition) is 2. The summed E-state index contributed by atoms with van der Waals surface area (Å²) in [6.07, 6.45) is 0.495. The first kappa shape index (κ1) is 18.3. The second-order valence-corrected chi connectivity index (χ2v) is 7.27. The molecule has 24 heavy (non-hydrogen) atoms. The van der Waals surface area contributed by atoms with E-state index in [1.807, 2.05) is 13.8 Å². The van der Waals surface area contributed by atoms with Crippen LogP contribution in [0.2, 0.25) is 0 Å². The zero-order valence-electron chi connectivity index (χ0n) is 13.6. The fraction of sp³-hybridized carbons (Fsp3) is 0.278. The van der Waals surface area contributed by atoms with Gasteiger partial charge in [0.15, 0.2) is 0 Å². The Hall–Kier alpha value is -2.05. The summed E-state index contributed by atoms with van der Waals surface area (Å²) in [7, 11) is -2.24. The van der Waals surface area contributed by atoms with Crippen LogP contribution in [0.25, 0.3) is 11.1 Å². The van der Waals surface area contributed by atoms with Crippen LogP contribution in [-0.4, -0.2) is 16.2 Å². The van der Waals surface area contributed by atoms with Gasteiger partial charge in [-0.25, -0.2) is 8.60 Å². The molecule has 0 saturated heterocycles. The molecule has 6 heteroatoms. The molecule has 0 aliphatic carbocycles. The molecule has 2 rings (SSSR count). The standard InChI is InChI=1S/C18H21FN2O2S/c1-12(2)9-17(20)18(22)21-24(23)16-8-4-6-14(11-16)13-5-3-7-15(19)10-13/h3-8,10-12,17,24H,9,20H2,1-2H3/t17-/m0/s1. The topological polar surface area (TPSA) is 72.5 Å². The van der Waals surface area contributed by atoms with Gasteiger partial charge in [0.2, 0.25) is 0 Å². The Kier molecular flexibility index (Phi) is 6.23. The summed E-state index contributed by atoms with van der Waals surface area (Å²) in [5.74, 6) is -0.642. The quantitative estimate of drug-likeness (QED) is 0.813. The van der Waals surface area contributed by atoms with Crippen molar-refractivity contribution >= 4 is 16.5 Å². The third-order valence-electron chi connectivity index (χ3n) is 3.46. The third kappa shape index (κ3) is 4.97. The monoisotopic (exact) mass is 348 g/mol. The van der Waals surface area contributed by atoms with Gasteiger partial charge in [-0.1, -0.05) is 38.1 Å². The Labute approximate surface area is 143 Å². The summed E-state index contributed by atoms with van der Waals surface area (Å²) >= 11 is 0. The SMILES string of the molecule is CC(C)C[C@H](N)C(=O)/N=[SH](=O)/c1cccc(-c2cccc(F)c2)c1. The molecular formula is C18H21FN2O2S. The molecule has 128 valence electrons. The fourth-order valence-corrected chi connectivity index (χ4v) is 3.21. The van der Waals surface area contributed by atoms with Crippen molar-refractivity contribution in [3.63, 3.8) is 0 Å². The lowest BCUT2D eigenvalue weighted by Gasteiger charge is -2.09. The maximum atomic E-state index is 13.3. The molecule has 0 aliphatic heterocycles. The van der Waals surface area contributed by atoms with Crippen LogP contribution in [0.4, 0.5) is 4.39 Å². The number of thiol groups is 1. The molecule has 1 unspecified atom stereocenters. The van der Waals surface area contributed by atoms with Crippen molar-refractivity contribution in [3.05, 3.63) is 54.3 Å². The molecule has 1 amide bonds. The molecule has 2 atom stereocenters. The maximum Gasteiger partial charge on any atom is 0.270 e. The van der Waals surface area contributed by atoms with E-state index in [1.165, 1.54) is 12.1 Å². The fourth-order valence-electron chi connectivity index (χ4n) is 2.30. The molecule has 4 nitrogen and oxygen atoms in total. The Bertz CT molecular complexity index is 814. The Morgan fingerprint density at radius 2 is 1.79 bits per heavy atom. The van der Waals surface area contributed by atoms with E-state index in [0.717, 1.165) is 0 Å². The smallest absolute Gasteiger partial charge is 0.270 e. The number of carbonyl (C=O) groups excluding carboxylic acids is 1. The first-order chi connectivity index (χ1) is 11.4. The van der Waals surface area contributed by atoms with Gasteiger partial charge in [-0.15, -0.1) is 0 Å². The van der Waals surface area contributed by atoms with E-state index in [0.29, 0.717) is 22.4 Å². The number of carbonyl (C=O) groups is 1. The number of hydrogen-bond acceptors (Lipinski definition) is 3. The molecule has 0 aromatic heterocycles. The first-order valence-electron chi connectivity index (χ1n) is 7.71. The highest BCUT2D eigenvalue weighted by Crippen LogP contribution is 2.22. The average molecular weight is 348 g/mol. The van der Waals surface area contributed by atoms with Crippen molar-refractivity contribution in [2.45, 2.75) is 31.2 Å². The number of benzene rings is 2. The highest BCUT2D eigenvalue weighted by Gasteiger charge is 2.14. The van der Waals surface area contributed by atoms with Crippen LogP contribution < -0.4 is 5.73 Å². The minimum Gasteiger partial charge on any atom is -0.320 e. The number of halogens is 1. The molecule has 0 bridgehead atoms. The third-order valence-corrected chi connectivity index (χ3v) is 4.56. The van der Waals surface area contributed by atoms with Crippen LogP contribution in [0.5, 0.6) is 0 Å². The first-order valence-corrected chi connectivity index (χ1v) is 8.92. The van der Waals surface area contributed by atoms with Gasteiger partial charge < -0.3 is 5.73 Å². The van der Waals surface area contributed by atoms with Gasteiger partial charge in [-0.2, -0.15) is 4.36 Å². The van der Waals surface area contributed by atoms with Crippen LogP contribution in [-0.2, 0) is 15.4 Å². The summed E-state index contributed by atoms with van der Waals surface area (Å²) in [6.45, 7) is 3.91. The summed E-state index contributed by atoms with van der Waals surface area (Å²) in [5.41, 5.74) is 7.15. The normalized spacial score (nSPS) is 13.9. The zero-order chi connectivity index (χ0) is 17.7. The number of nitrogens with zero attached hydrogens (tertiary/aromatic N) is 1. The van der Waals surface area contributed by atoms with Crippen LogP contribution in [0.3, 0.4) is 0 Å². The number of amides is 1. The van der Waals surface area contributed by atoms with Crippen molar-refractivity contribution in [1.82, 2.24) is 0 Å². The molecular weight excluding hydrogens is 327 g/mol. The molecule has 2 aromatic carbocycles. The summed E-state index contributed by atoms with van der Waals surface area (Å²) in [5, 5.41) is 0. The van der Waals surface area contributed by atoms with Crippen LogP contribution in [0, 0.1) is 11.7 Å². The lowest BCUT2D eigenvalue weighted by molar-refractivity contribution is -0.119. The lowest BCUT2D eigenvalue weighted by atomic mass is 10.0. The van der Waals surface area contributed by atoms with Crippen molar-refractivity contribution in [2.75, 3.05) is 0 Å². The van der Waals surface area contributed by atoms with Gasteiger partial charge in [0.1, 0.15) is 5.82 Å². The molecule has 0 heterocycles. The average Bonchev–Trinajstić information content (AvgIpc) is 2.54. The molecule has 2 N–H and O–H groups in total. The number of rotatable bonds is 5. The van der Waals surface area contributed by atoms with Gasteiger partial charge >= 0.3 is 0 Å². The minimum atomic E-state index is -2.24. The number of nitrogens with two attached hydrogens (primary N) is 1. The maximum absolute atomic E-state index is 13.3. The summed E-state index contributed by atoms with van der Waals surface area (Å²) in [4.78, 5) is 12.4. The predicted molar refractivity (Wildman–Crippen MR) is 94.5 cm³/mol. The highest BCUT2D eigenvalue weighted by molar-refractivity contribution is 7.75. The minimum absolute atomic E-state index is 0.258. The zero-order valence-corrected chi connectivity index (χ0v) is 14.5. The molecule has 0 spiro atoms. The van der Waals surface area contributed by atoms with Crippen LogP contribution in [0.1, 0.15) is 20.3 Å². The van der Waals surface area contributed by atoms with Crippen molar-refractivity contribution in [1.29, 1.82) is 0 Å². The van der Waals surface area contributed by atoms with Gasteiger partial charge in [0.05, 0.1) is 16.6 Å². The van der Waals surface area contributed by atoms with Crippen LogP contribution in [0.15, 0.2) is 57.8 Å². The molecule has 0 fully saturated rings. The van der Waals surface area contributed by atoms with E-state index in [4.69, 9.17) is 5.73 Å². The molecule has 2 aromatic rings. The van der Waals surface area contributed by atoms with E-state index in [1.54, 1.807) is 36.4 Å². The predicted octanol–water partition coefficient (Wildman–Crippen LogP) is 3.42. The van der Waals surface area contributed by atoms with E-state index >= 15 is 0 Å². The molecule has 0 aliphatic rings. The largest absolute Gasteiger partial charge is 0.320 e. The highest BCUT2D eigenvalue weighted by atomic mass is 32.2. The van der Waals surface area contributed by atoms with Crippen molar-refractivity contribution < 1.29 is 13.4 Å². The molecule has 0 saturated carbocycles. The Morgan fingerprint density at radius 3 is 2.42 bits per heavy atom. The second-order valence-electron chi connectivity index (χ2n) is 6.01. The van der Waals surface area contributed by atoms with E-state index in [9.17, 15) is 13.4 Å². The van der Waals surface area contributed by atoms with Gasteiger partial charge in [-0.05, 0) is 47.7 Å². The van der Waals surface area contributed by atoms with Gasteiger partial charge in [-0.3, -0.25) is 4.79 Å². The van der Waals surface area contributed by atoms with E-state index < -0.39 is 22.5 Å². The summed E-state index contributed by atoms with van der Waals surface area (Å²) in [6, 6.07) is 12.2. The Balaban J connectivity index is 2.26. The molecule has 0 radical (unpaired) electrons. The van der Waals surface area contributed by atoms with Crippen molar-refractivity contribution in [2.24, 2.45) is 16.0 Å². The van der Waals surface area contributed by atoms with E-state index in [-0.39, 0.29) is 11.7 Å². The second kappa shape index (κ2) is 8.17.